The molecule has 0 spiro atoms. The van der Waals surface area contributed by atoms with Crippen LogP contribution >= 0.6 is 15.9 Å². The number of pyridine rings is 1. The molecule has 0 saturated carbocycles. The summed E-state index contributed by atoms with van der Waals surface area (Å²) in [6.07, 6.45) is 1.53. The van der Waals surface area contributed by atoms with Gasteiger partial charge in [0, 0.05) is 24.8 Å². The van der Waals surface area contributed by atoms with Gasteiger partial charge in [0.2, 0.25) is 0 Å². The van der Waals surface area contributed by atoms with E-state index in [1.165, 1.54) is 6.20 Å². The molecule has 0 amide bonds. The molecule has 0 aliphatic carbocycles. The summed E-state index contributed by atoms with van der Waals surface area (Å²) < 4.78 is 18.6. The Kier molecular flexibility index (Phi) is 3.53. The maximum atomic E-state index is 13.5. The molecule has 1 aromatic heterocycles. The van der Waals surface area contributed by atoms with E-state index in [1.54, 1.807) is 6.07 Å². The fraction of sp³-hybridized carbons (Fsp3) is 0.500. The number of ether oxygens (including phenoxy) is 1. The normalized spacial score (nSPS) is 18.2. The van der Waals surface area contributed by atoms with Crippen LogP contribution in [0.4, 0.5) is 4.39 Å². The highest BCUT2D eigenvalue weighted by atomic mass is 79.9. The maximum absolute atomic E-state index is 13.5. The molecule has 0 bridgehead atoms. The predicted molar refractivity (Wildman–Crippen MR) is 59.4 cm³/mol. The van der Waals surface area contributed by atoms with Crippen LogP contribution in [0.5, 0.6) is 0 Å². The van der Waals surface area contributed by atoms with Crippen molar-refractivity contribution in [1.29, 1.82) is 0 Å². The summed E-state index contributed by atoms with van der Waals surface area (Å²) in [6.45, 7) is 1.42. The highest BCUT2D eigenvalue weighted by Crippen LogP contribution is 2.17. The smallest absolute Gasteiger partial charge is 0.160 e. The number of aliphatic hydroxyl groups is 1. The number of hydrogen-bond donors (Lipinski definition) is 2. The molecule has 0 atom stereocenters. The monoisotopic (exact) mass is 290 g/mol. The zero-order chi connectivity index (χ0) is 11.6. The Morgan fingerprint density at radius 3 is 3.00 bits per heavy atom. The van der Waals surface area contributed by atoms with E-state index in [-0.39, 0.29) is 10.4 Å². The van der Waals surface area contributed by atoms with E-state index in [9.17, 15) is 9.50 Å². The lowest BCUT2D eigenvalue weighted by molar-refractivity contribution is -0.174. The molecule has 2 heterocycles. The molecule has 1 aromatic rings. The van der Waals surface area contributed by atoms with Gasteiger partial charge in [-0.3, -0.25) is 0 Å². The molecule has 88 valence electrons. The van der Waals surface area contributed by atoms with Crippen molar-refractivity contribution in [3.63, 3.8) is 0 Å². The third kappa shape index (κ3) is 2.57. The van der Waals surface area contributed by atoms with Crippen molar-refractivity contribution in [2.45, 2.75) is 12.1 Å². The largest absolute Gasteiger partial charge is 0.384 e. The van der Waals surface area contributed by atoms with Crippen LogP contribution in [-0.2, 0) is 11.3 Å². The van der Waals surface area contributed by atoms with Gasteiger partial charge >= 0.3 is 0 Å². The Morgan fingerprint density at radius 1 is 1.62 bits per heavy atom. The van der Waals surface area contributed by atoms with Crippen LogP contribution in [0, 0.1) is 5.82 Å². The molecule has 16 heavy (non-hydrogen) atoms. The standard InChI is InChI=1S/C10H12BrFN2O2/c11-9-8(12)7(1-2-14-9)3-13-4-10(15)5-16-6-10/h1-2,13,15H,3-6H2. The number of halogens is 2. The van der Waals surface area contributed by atoms with Crippen LogP contribution in [-0.4, -0.2) is 35.5 Å². The van der Waals surface area contributed by atoms with Crippen molar-refractivity contribution >= 4 is 15.9 Å². The van der Waals surface area contributed by atoms with Crippen molar-refractivity contribution in [2.75, 3.05) is 19.8 Å². The minimum atomic E-state index is -0.791. The molecule has 2 N–H and O–H groups in total. The van der Waals surface area contributed by atoms with Crippen LogP contribution in [0.3, 0.4) is 0 Å². The lowest BCUT2D eigenvalue weighted by Gasteiger charge is -2.36. The number of rotatable bonds is 4. The van der Waals surface area contributed by atoms with Crippen molar-refractivity contribution in [1.82, 2.24) is 10.3 Å². The quantitative estimate of drug-likeness (QED) is 0.807. The molecule has 1 aliphatic rings. The minimum Gasteiger partial charge on any atom is -0.384 e. The lowest BCUT2D eigenvalue weighted by atomic mass is 10.0. The van der Waals surface area contributed by atoms with Gasteiger partial charge in [-0.25, -0.2) is 9.37 Å². The van der Waals surface area contributed by atoms with E-state index in [2.05, 4.69) is 26.2 Å². The van der Waals surface area contributed by atoms with Crippen molar-refractivity contribution < 1.29 is 14.2 Å². The first-order valence-corrected chi connectivity index (χ1v) is 5.70. The summed E-state index contributed by atoms with van der Waals surface area (Å²) in [7, 11) is 0. The number of nitrogens with one attached hydrogen (secondary N) is 1. The molecular formula is C10H12BrFN2O2. The van der Waals surface area contributed by atoms with Crippen LogP contribution in [0.15, 0.2) is 16.9 Å². The van der Waals surface area contributed by atoms with Crippen molar-refractivity contribution in [2.24, 2.45) is 0 Å². The fourth-order valence-corrected chi connectivity index (χ4v) is 1.83. The van der Waals surface area contributed by atoms with Gasteiger partial charge in [0.15, 0.2) is 5.82 Å². The van der Waals surface area contributed by atoms with Crippen LogP contribution < -0.4 is 5.32 Å². The maximum Gasteiger partial charge on any atom is 0.160 e. The van der Waals surface area contributed by atoms with Crippen molar-refractivity contribution in [3.05, 3.63) is 28.2 Å². The van der Waals surface area contributed by atoms with Gasteiger partial charge in [0.25, 0.3) is 0 Å². The highest BCUT2D eigenvalue weighted by molar-refractivity contribution is 9.10. The third-order valence-corrected chi connectivity index (χ3v) is 2.99. The van der Waals surface area contributed by atoms with Gasteiger partial charge in [-0.15, -0.1) is 0 Å². The van der Waals surface area contributed by atoms with Gasteiger partial charge in [-0.05, 0) is 22.0 Å². The topological polar surface area (TPSA) is 54.4 Å². The molecular weight excluding hydrogens is 279 g/mol. The zero-order valence-corrected chi connectivity index (χ0v) is 10.1. The summed E-state index contributed by atoms with van der Waals surface area (Å²) in [5.74, 6) is -0.369. The Hall–Kier alpha value is -0.560. The van der Waals surface area contributed by atoms with Gasteiger partial charge in [0.05, 0.1) is 13.2 Å². The zero-order valence-electron chi connectivity index (χ0n) is 8.54. The second-order valence-electron chi connectivity index (χ2n) is 3.90. The fourth-order valence-electron chi connectivity index (χ4n) is 1.46. The molecule has 1 saturated heterocycles. The summed E-state index contributed by atoms with van der Waals surface area (Å²) in [5.41, 5.74) is -0.272. The Labute approximate surface area is 101 Å². The van der Waals surface area contributed by atoms with Gasteiger partial charge in [0.1, 0.15) is 10.2 Å². The van der Waals surface area contributed by atoms with E-state index < -0.39 is 5.60 Å². The average molecular weight is 291 g/mol. The molecule has 1 aliphatic heterocycles. The average Bonchev–Trinajstić information content (AvgIpc) is 2.22. The molecule has 6 heteroatoms. The molecule has 0 unspecified atom stereocenters. The number of aromatic nitrogens is 1. The first-order chi connectivity index (χ1) is 7.61. The minimum absolute atomic E-state index is 0.206. The van der Waals surface area contributed by atoms with Crippen LogP contribution in [0.1, 0.15) is 5.56 Å². The first kappa shape index (κ1) is 11.9. The number of hydrogen-bond acceptors (Lipinski definition) is 4. The lowest BCUT2D eigenvalue weighted by Crippen LogP contribution is -2.56. The van der Waals surface area contributed by atoms with E-state index in [0.29, 0.717) is 31.9 Å². The van der Waals surface area contributed by atoms with Crippen molar-refractivity contribution in [3.8, 4) is 0 Å². The first-order valence-electron chi connectivity index (χ1n) is 4.90. The van der Waals surface area contributed by atoms with E-state index in [1.807, 2.05) is 0 Å². The molecule has 0 radical (unpaired) electrons. The summed E-state index contributed by atoms with van der Waals surface area (Å²) in [4.78, 5) is 3.77. The van der Waals surface area contributed by atoms with Crippen LogP contribution in [0.2, 0.25) is 0 Å². The summed E-state index contributed by atoms with van der Waals surface area (Å²) >= 11 is 3.02. The van der Waals surface area contributed by atoms with Gasteiger partial charge in [-0.1, -0.05) is 0 Å². The molecule has 2 rings (SSSR count). The van der Waals surface area contributed by atoms with E-state index in [0.717, 1.165) is 0 Å². The highest BCUT2D eigenvalue weighted by Gasteiger charge is 2.35. The molecule has 0 aromatic carbocycles. The van der Waals surface area contributed by atoms with E-state index >= 15 is 0 Å². The van der Waals surface area contributed by atoms with Gasteiger partial charge < -0.3 is 15.2 Å². The molecule has 4 nitrogen and oxygen atoms in total. The Morgan fingerprint density at radius 2 is 2.38 bits per heavy atom. The molecule has 1 fully saturated rings. The van der Waals surface area contributed by atoms with Crippen LogP contribution in [0.25, 0.3) is 0 Å². The third-order valence-electron chi connectivity index (χ3n) is 2.44. The Balaban J connectivity index is 1.87. The SMILES string of the molecule is OC1(CNCc2ccnc(Br)c2F)COC1. The Bertz CT molecular complexity index is 385. The number of nitrogens with zero attached hydrogens (tertiary/aromatic N) is 1. The second kappa shape index (κ2) is 4.75. The second-order valence-corrected chi connectivity index (χ2v) is 4.65. The summed E-state index contributed by atoms with van der Waals surface area (Å²) in [5, 5.41) is 12.7. The predicted octanol–water partition coefficient (Wildman–Crippen LogP) is 0.834. The van der Waals surface area contributed by atoms with E-state index in [4.69, 9.17) is 4.74 Å². The van der Waals surface area contributed by atoms with Gasteiger partial charge in [-0.2, -0.15) is 0 Å². The summed E-state index contributed by atoms with van der Waals surface area (Å²) in [6, 6.07) is 1.61.